The van der Waals surface area contributed by atoms with Crippen LogP contribution in [0.4, 0.5) is 5.13 Å². The number of rotatable bonds is 7. The van der Waals surface area contributed by atoms with Gasteiger partial charge in [-0.25, -0.2) is 9.97 Å². The lowest BCUT2D eigenvalue weighted by Crippen LogP contribution is -2.32. The predicted octanol–water partition coefficient (Wildman–Crippen LogP) is 3.59. The van der Waals surface area contributed by atoms with Gasteiger partial charge in [0.1, 0.15) is 5.75 Å². The second-order valence-corrected chi connectivity index (χ2v) is 7.88. The van der Waals surface area contributed by atoms with E-state index >= 15 is 0 Å². The number of nitrogens with one attached hydrogen (secondary N) is 2. The smallest absolute Gasteiger partial charge is 0.251 e. The van der Waals surface area contributed by atoms with Crippen molar-refractivity contribution in [2.45, 2.75) is 0 Å². The minimum Gasteiger partial charge on any atom is -0.497 e. The van der Waals surface area contributed by atoms with Crippen LogP contribution in [0.5, 0.6) is 5.75 Å². The number of thiazole rings is 1. The average Bonchev–Trinajstić information content (AvgIpc) is 3.43. The van der Waals surface area contributed by atoms with Crippen molar-refractivity contribution < 1.29 is 14.3 Å². The van der Waals surface area contributed by atoms with Gasteiger partial charge >= 0.3 is 0 Å². The number of carbonyl (C=O) groups is 2. The fourth-order valence-corrected chi connectivity index (χ4v) is 4.11. The first-order valence-electron chi connectivity index (χ1n) is 9.81. The van der Waals surface area contributed by atoms with Gasteiger partial charge in [-0.2, -0.15) is 0 Å². The molecule has 0 unspecified atom stereocenters. The molecule has 0 radical (unpaired) electrons. The molecule has 2 aromatic carbocycles. The fraction of sp³-hybridized carbons (Fsp3) is 0.130. The SMILES string of the molecule is COc1ccc(C(=O)NCC(=O)Nc2nc(-c3ccccc3)c(-c3nccn3C)s2)cc1. The van der Waals surface area contributed by atoms with Crippen molar-refractivity contribution in [3.63, 3.8) is 0 Å². The van der Waals surface area contributed by atoms with Crippen molar-refractivity contribution >= 4 is 28.3 Å². The van der Waals surface area contributed by atoms with E-state index in [4.69, 9.17) is 4.74 Å². The number of ether oxygens (including phenoxy) is 1. The predicted molar refractivity (Wildman–Crippen MR) is 124 cm³/mol. The third-order valence-electron chi connectivity index (χ3n) is 4.71. The highest BCUT2D eigenvalue weighted by Crippen LogP contribution is 2.38. The van der Waals surface area contributed by atoms with Gasteiger partial charge in [0.15, 0.2) is 11.0 Å². The Morgan fingerprint density at radius 1 is 1.09 bits per heavy atom. The number of hydrogen-bond acceptors (Lipinski definition) is 6. The van der Waals surface area contributed by atoms with Crippen LogP contribution in [0.15, 0.2) is 67.0 Å². The second-order valence-electron chi connectivity index (χ2n) is 6.88. The van der Waals surface area contributed by atoms with Gasteiger partial charge in [-0.15, -0.1) is 0 Å². The summed E-state index contributed by atoms with van der Waals surface area (Å²) in [6.07, 6.45) is 3.58. The maximum absolute atomic E-state index is 12.5. The van der Waals surface area contributed by atoms with Crippen molar-refractivity contribution in [3.05, 3.63) is 72.6 Å². The molecule has 2 amide bonds. The van der Waals surface area contributed by atoms with Crippen LogP contribution in [0.2, 0.25) is 0 Å². The molecule has 2 heterocycles. The Kier molecular flexibility index (Phi) is 6.27. The number of benzene rings is 2. The Morgan fingerprint density at radius 2 is 1.84 bits per heavy atom. The van der Waals surface area contributed by atoms with Crippen molar-refractivity contribution in [3.8, 4) is 27.7 Å². The lowest BCUT2D eigenvalue weighted by molar-refractivity contribution is -0.115. The largest absolute Gasteiger partial charge is 0.497 e. The van der Waals surface area contributed by atoms with Crippen molar-refractivity contribution in [2.75, 3.05) is 19.0 Å². The first-order valence-corrected chi connectivity index (χ1v) is 10.6. The molecular weight excluding hydrogens is 426 g/mol. The zero-order chi connectivity index (χ0) is 22.5. The number of imidazole rings is 1. The molecule has 162 valence electrons. The zero-order valence-electron chi connectivity index (χ0n) is 17.5. The summed E-state index contributed by atoms with van der Waals surface area (Å²) >= 11 is 1.34. The summed E-state index contributed by atoms with van der Waals surface area (Å²) in [4.78, 5) is 34.6. The standard InChI is InChI=1S/C23H21N5O3S/c1-28-13-12-24-21(28)20-19(15-6-4-3-5-7-15)27-23(32-20)26-18(29)14-25-22(30)16-8-10-17(31-2)11-9-16/h3-13H,14H2,1-2H3,(H,25,30)(H,26,27,29). The first-order chi connectivity index (χ1) is 15.5. The number of amides is 2. The minimum absolute atomic E-state index is 0.178. The van der Waals surface area contributed by atoms with Crippen LogP contribution in [-0.4, -0.2) is 40.0 Å². The summed E-state index contributed by atoms with van der Waals surface area (Å²) in [6, 6.07) is 16.4. The van der Waals surface area contributed by atoms with Gasteiger partial charge < -0.3 is 19.9 Å². The van der Waals surface area contributed by atoms with E-state index in [0.717, 1.165) is 22.0 Å². The van der Waals surface area contributed by atoms with Crippen LogP contribution in [0.3, 0.4) is 0 Å². The van der Waals surface area contributed by atoms with Crippen molar-refractivity contribution in [1.29, 1.82) is 0 Å². The van der Waals surface area contributed by atoms with E-state index in [0.29, 0.717) is 16.4 Å². The highest BCUT2D eigenvalue weighted by Gasteiger charge is 2.19. The molecule has 0 aliphatic rings. The van der Waals surface area contributed by atoms with E-state index in [1.165, 1.54) is 11.3 Å². The van der Waals surface area contributed by atoms with E-state index < -0.39 is 0 Å². The zero-order valence-corrected chi connectivity index (χ0v) is 18.3. The number of aromatic nitrogens is 3. The van der Waals surface area contributed by atoms with Crippen LogP contribution in [-0.2, 0) is 11.8 Å². The Hall–Kier alpha value is -3.98. The molecular formula is C23H21N5O3S. The summed E-state index contributed by atoms with van der Waals surface area (Å²) in [5.74, 6) is 0.697. The Balaban J connectivity index is 1.48. The van der Waals surface area contributed by atoms with E-state index in [1.54, 1.807) is 37.6 Å². The van der Waals surface area contributed by atoms with Gasteiger partial charge in [-0.3, -0.25) is 9.59 Å². The summed E-state index contributed by atoms with van der Waals surface area (Å²) in [5, 5.41) is 5.83. The third kappa shape index (κ3) is 4.68. The number of carbonyl (C=O) groups excluding carboxylic acids is 2. The van der Waals surface area contributed by atoms with Crippen molar-refractivity contribution in [2.24, 2.45) is 7.05 Å². The van der Waals surface area contributed by atoms with Gasteiger partial charge in [-0.1, -0.05) is 41.7 Å². The Bertz CT molecular complexity index is 1230. The molecule has 0 saturated heterocycles. The second kappa shape index (κ2) is 9.44. The monoisotopic (exact) mass is 447 g/mol. The fourth-order valence-electron chi connectivity index (χ4n) is 3.07. The van der Waals surface area contributed by atoms with E-state index in [2.05, 4.69) is 20.6 Å². The molecule has 2 aromatic heterocycles. The molecule has 4 rings (SSSR count). The summed E-state index contributed by atoms with van der Waals surface area (Å²) < 4.78 is 6.99. The Morgan fingerprint density at radius 3 is 2.50 bits per heavy atom. The van der Waals surface area contributed by atoms with Crippen LogP contribution in [0.1, 0.15) is 10.4 Å². The highest BCUT2D eigenvalue weighted by atomic mass is 32.1. The summed E-state index contributed by atoms with van der Waals surface area (Å²) in [5.41, 5.74) is 2.11. The van der Waals surface area contributed by atoms with Crippen molar-refractivity contribution in [1.82, 2.24) is 19.9 Å². The van der Waals surface area contributed by atoms with Gasteiger partial charge in [0.05, 0.1) is 24.2 Å². The molecule has 32 heavy (non-hydrogen) atoms. The number of anilines is 1. The molecule has 0 atom stereocenters. The summed E-state index contributed by atoms with van der Waals surface area (Å²) in [6.45, 7) is -0.178. The lowest BCUT2D eigenvalue weighted by Gasteiger charge is -2.06. The van der Waals surface area contributed by atoms with Crippen LogP contribution < -0.4 is 15.4 Å². The Labute approximate surface area is 188 Å². The van der Waals surface area contributed by atoms with Crippen LogP contribution >= 0.6 is 11.3 Å². The number of methoxy groups -OCH3 is 1. The molecule has 0 aliphatic carbocycles. The molecule has 0 spiro atoms. The molecule has 4 aromatic rings. The first kappa shape index (κ1) is 21.3. The van der Waals surface area contributed by atoms with Gasteiger partial charge in [0.2, 0.25) is 5.91 Å². The molecule has 9 heteroatoms. The maximum atomic E-state index is 12.5. The number of nitrogens with zero attached hydrogens (tertiary/aromatic N) is 3. The molecule has 0 fully saturated rings. The minimum atomic E-state index is -0.369. The van der Waals surface area contributed by atoms with Gasteiger partial charge in [0.25, 0.3) is 5.91 Å². The molecule has 0 saturated carbocycles. The quantitative estimate of drug-likeness (QED) is 0.451. The molecule has 0 aliphatic heterocycles. The number of aryl methyl sites for hydroxylation is 1. The molecule has 8 nitrogen and oxygen atoms in total. The van der Waals surface area contributed by atoms with Gasteiger partial charge in [0, 0.05) is 30.6 Å². The topological polar surface area (TPSA) is 98.1 Å². The maximum Gasteiger partial charge on any atom is 0.251 e. The number of hydrogen-bond donors (Lipinski definition) is 2. The normalized spacial score (nSPS) is 10.6. The molecule has 2 N–H and O–H groups in total. The molecule has 0 bridgehead atoms. The summed E-state index contributed by atoms with van der Waals surface area (Å²) in [7, 11) is 3.46. The highest BCUT2D eigenvalue weighted by molar-refractivity contribution is 7.19. The average molecular weight is 448 g/mol. The lowest BCUT2D eigenvalue weighted by atomic mass is 10.1. The van der Waals surface area contributed by atoms with E-state index in [9.17, 15) is 9.59 Å². The van der Waals surface area contributed by atoms with Crippen LogP contribution in [0, 0.1) is 0 Å². The van der Waals surface area contributed by atoms with E-state index in [1.807, 2.05) is 48.1 Å². The van der Waals surface area contributed by atoms with E-state index in [-0.39, 0.29) is 18.4 Å². The van der Waals surface area contributed by atoms with Crippen LogP contribution in [0.25, 0.3) is 22.0 Å². The third-order valence-corrected chi connectivity index (χ3v) is 5.67. The van der Waals surface area contributed by atoms with Gasteiger partial charge in [-0.05, 0) is 24.3 Å².